The van der Waals surface area contributed by atoms with Gasteiger partial charge < -0.3 is 10.1 Å². The zero-order chi connectivity index (χ0) is 28.0. The summed E-state index contributed by atoms with van der Waals surface area (Å²) >= 11 is 6.25. The van der Waals surface area contributed by atoms with E-state index in [0.29, 0.717) is 22.9 Å². The molecule has 0 bridgehead atoms. The number of amides is 1. The molecule has 1 N–H and O–H groups in total. The van der Waals surface area contributed by atoms with Gasteiger partial charge in [0.25, 0.3) is 15.9 Å². The number of sulfonamides is 1. The quantitative estimate of drug-likeness (QED) is 0.227. The van der Waals surface area contributed by atoms with Crippen LogP contribution < -0.4 is 14.4 Å². The van der Waals surface area contributed by atoms with Crippen LogP contribution in [-0.4, -0.2) is 20.9 Å². The van der Waals surface area contributed by atoms with Gasteiger partial charge in [0.05, 0.1) is 29.8 Å². The molecule has 0 fully saturated rings. The smallest absolute Gasteiger partial charge is 0.264 e. The van der Waals surface area contributed by atoms with E-state index in [1.807, 2.05) is 45.0 Å². The summed E-state index contributed by atoms with van der Waals surface area (Å²) < 4.78 is 34.2. The summed E-state index contributed by atoms with van der Waals surface area (Å²) in [4.78, 5) is 13.1. The van der Waals surface area contributed by atoms with E-state index in [1.54, 1.807) is 72.8 Å². The molecule has 4 aromatic rings. The van der Waals surface area contributed by atoms with Gasteiger partial charge in [0.1, 0.15) is 5.75 Å². The molecular formula is C31H31ClN2O4S. The van der Waals surface area contributed by atoms with Crippen LogP contribution in [0.3, 0.4) is 0 Å². The fraction of sp³-hybridized carbons (Fsp3) is 0.194. The first-order chi connectivity index (χ1) is 18.7. The van der Waals surface area contributed by atoms with E-state index in [4.69, 9.17) is 16.3 Å². The number of hydrogen-bond donors (Lipinski definition) is 1. The lowest BCUT2D eigenvalue weighted by Crippen LogP contribution is -2.31. The summed E-state index contributed by atoms with van der Waals surface area (Å²) in [7, 11) is -3.88. The molecule has 1 amide bonds. The molecule has 0 unspecified atom stereocenters. The Morgan fingerprint density at radius 2 is 1.62 bits per heavy atom. The highest BCUT2D eigenvalue weighted by Gasteiger charge is 2.26. The van der Waals surface area contributed by atoms with Crippen LogP contribution in [0.15, 0.2) is 102 Å². The number of anilines is 1. The molecule has 0 saturated carbocycles. The van der Waals surface area contributed by atoms with E-state index >= 15 is 0 Å². The first-order valence-corrected chi connectivity index (χ1v) is 14.5. The molecule has 0 radical (unpaired) electrons. The van der Waals surface area contributed by atoms with E-state index in [1.165, 1.54) is 4.31 Å². The standard InChI is InChI=1S/C31H31ClN2O4S/c1-4-38-28-18-15-25(16-19-28)23(3)33-31(35)26-13-11-24(12-14-26)21-34(30-20-27(32)17-10-22(30)2)39(36,37)29-8-6-5-7-9-29/h5-20,23H,4,21H2,1-3H3,(H,33,35)/t23-/m0/s1. The second kappa shape index (κ2) is 12.4. The lowest BCUT2D eigenvalue weighted by atomic mass is 10.1. The van der Waals surface area contributed by atoms with Crippen molar-refractivity contribution in [2.75, 3.05) is 10.9 Å². The Labute approximate surface area is 235 Å². The van der Waals surface area contributed by atoms with Crippen molar-refractivity contribution < 1.29 is 17.9 Å². The Bertz CT molecular complexity index is 1520. The Morgan fingerprint density at radius 1 is 0.949 bits per heavy atom. The summed E-state index contributed by atoms with van der Waals surface area (Å²) in [5.41, 5.74) is 3.44. The number of nitrogens with zero attached hydrogens (tertiary/aromatic N) is 1. The molecule has 39 heavy (non-hydrogen) atoms. The molecule has 8 heteroatoms. The van der Waals surface area contributed by atoms with Crippen LogP contribution in [-0.2, 0) is 16.6 Å². The third-order valence-electron chi connectivity index (χ3n) is 6.35. The van der Waals surface area contributed by atoms with Crippen molar-refractivity contribution in [1.82, 2.24) is 5.32 Å². The molecule has 0 aliphatic heterocycles. The van der Waals surface area contributed by atoms with Gasteiger partial charge in [0, 0.05) is 10.6 Å². The second-order valence-corrected chi connectivity index (χ2v) is 11.4. The Balaban J connectivity index is 1.54. The van der Waals surface area contributed by atoms with E-state index in [-0.39, 0.29) is 23.4 Å². The Kier molecular flexibility index (Phi) is 8.94. The largest absolute Gasteiger partial charge is 0.494 e. The van der Waals surface area contributed by atoms with Crippen molar-refractivity contribution >= 4 is 33.2 Å². The van der Waals surface area contributed by atoms with Gasteiger partial charge in [-0.2, -0.15) is 0 Å². The van der Waals surface area contributed by atoms with E-state index in [2.05, 4.69) is 5.32 Å². The van der Waals surface area contributed by atoms with Crippen molar-refractivity contribution in [1.29, 1.82) is 0 Å². The summed E-state index contributed by atoms with van der Waals surface area (Å²) in [5, 5.41) is 3.45. The molecule has 4 aromatic carbocycles. The van der Waals surface area contributed by atoms with Gasteiger partial charge in [-0.3, -0.25) is 9.10 Å². The summed E-state index contributed by atoms with van der Waals surface area (Å²) in [6.45, 7) is 6.36. The molecule has 0 spiro atoms. The van der Waals surface area contributed by atoms with Crippen LogP contribution in [0.2, 0.25) is 5.02 Å². The zero-order valence-corrected chi connectivity index (χ0v) is 23.7. The SMILES string of the molecule is CCOc1ccc([C@H](C)NC(=O)c2ccc(CN(c3cc(Cl)ccc3C)S(=O)(=O)c3ccccc3)cc2)cc1. The number of rotatable bonds is 10. The van der Waals surface area contributed by atoms with Gasteiger partial charge in [0.15, 0.2) is 0 Å². The molecule has 0 aliphatic carbocycles. The van der Waals surface area contributed by atoms with Crippen LogP contribution in [0.4, 0.5) is 5.69 Å². The average Bonchev–Trinajstić information content (AvgIpc) is 2.94. The number of carbonyl (C=O) groups is 1. The third kappa shape index (κ3) is 6.80. The van der Waals surface area contributed by atoms with Gasteiger partial charge in [-0.15, -0.1) is 0 Å². The van der Waals surface area contributed by atoms with Crippen LogP contribution in [0.1, 0.15) is 46.9 Å². The predicted molar refractivity (Wildman–Crippen MR) is 156 cm³/mol. The lowest BCUT2D eigenvalue weighted by molar-refractivity contribution is 0.0940. The highest BCUT2D eigenvalue weighted by Crippen LogP contribution is 2.31. The van der Waals surface area contributed by atoms with Crippen molar-refractivity contribution in [2.45, 2.75) is 38.3 Å². The number of hydrogen-bond acceptors (Lipinski definition) is 4. The van der Waals surface area contributed by atoms with Crippen LogP contribution in [0.5, 0.6) is 5.75 Å². The minimum absolute atomic E-state index is 0.0723. The van der Waals surface area contributed by atoms with Gasteiger partial charge in [0.2, 0.25) is 0 Å². The van der Waals surface area contributed by atoms with Crippen molar-refractivity contribution in [2.24, 2.45) is 0 Å². The minimum atomic E-state index is -3.88. The van der Waals surface area contributed by atoms with E-state index < -0.39 is 10.0 Å². The molecule has 0 heterocycles. The second-order valence-electron chi connectivity index (χ2n) is 9.15. The fourth-order valence-corrected chi connectivity index (χ4v) is 5.88. The Morgan fingerprint density at radius 3 is 2.26 bits per heavy atom. The number of nitrogens with one attached hydrogen (secondary N) is 1. The van der Waals surface area contributed by atoms with Crippen molar-refractivity contribution in [3.8, 4) is 5.75 Å². The molecule has 1 atom stereocenters. The highest BCUT2D eigenvalue weighted by molar-refractivity contribution is 7.92. The number of benzene rings is 4. The van der Waals surface area contributed by atoms with E-state index in [9.17, 15) is 13.2 Å². The number of aryl methyl sites for hydroxylation is 1. The van der Waals surface area contributed by atoms with Crippen molar-refractivity contribution in [3.63, 3.8) is 0 Å². The minimum Gasteiger partial charge on any atom is -0.494 e. The van der Waals surface area contributed by atoms with Gasteiger partial charge >= 0.3 is 0 Å². The topological polar surface area (TPSA) is 75.7 Å². The predicted octanol–water partition coefficient (Wildman–Crippen LogP) is 6.93. The van der Waals surface area contributed by atoms with Gasteiger partial charge in [-0.1, -0.05) is 60.1 Å². The number of halogens is 1. The average molecular weight is 563 g/mol. The van der Waals surface area contributed by atoms with Gasteiger partial charge in [-0.25, -0.2) is 8.42 Å². The molecular weight excluding hydrogens is 532 g/mol. The molecule has 6 nitrogen and oxygen atoms in total. The highest BCUT2D eigenvalue weighted by atomic mass is 35.5. The number of carbonyl (C=O) groups excluding carboxylic acids is 1. The lowest BCUT2D eigenvalue weighted by Gasteiger charge is -2.26. The monoisotopic (exact) mass is 562 g/mol. The normalized spacial score (nSPS) is 12.0. The first-order valence-electron chi connectivity index (χ1n) is 12.7. The maximum Gasteiger partial charge on any atom is 0.264 e. The van der Waals surface area contributed by atoms with Crippen LogP contribution in [0, 0.1) is 6.92 Å². The Hall–Kier alpha value is -3.81. The molecule has 0 saturated heterocycles. The molecule has 0 aromatic heterocycles. The summed E-state index contributed by atoms with van der Waals surface area (Å²) in [6.07, 6.45) is 0. The molecule has 202 valence electrons. The summed E-state index contributed by atoms with van der Waals surface area (Å²) in [5.74, 6) is 0.564. The fourth-order valence-electron chi connectivity index (χ4n) is 4.18. The maximum absolute atomic E-state index is 13.7. The summed E-state index contributed by atoms with van der Waals surface area (Å²) in [6, 6.07) is 27.8. The van der Waals surface area contributed by atoms with Crippen LogP contribution >= 0.6 is 11.6 Å². The van der Waals surface area contributed by atoms with E-state index in [0.717, 1.165) is 22.4 Å². The van der Waals surface area contributed by atoms with Gasteiger partial charge in [-0.05, 0) is 86.0 Å². The van der Waals surface area contributed by atoms with Crippen LogP contribution in [0.25, 0.3) is 0 Å². The first kappa shape index (κ1) is 28.2. The van der Waals surface area contributed by atoms with Crippen molar-refractivity contribution in [3.05, 3.63) is 124 Å². The molecule has 0 aliphatic rings. The third-order valence-corrected chi connectivity index (χ3v) is 8.36. The molecule has 4 rings (SSSR count). The number of ether oxygens (including phenoxy) is 1. The maximum atomic E-state index is 13.7. The zero-order valence-electron chi connectivity index (χ0n) is 22.1.